The van der Waals surface area contributed by atoms with Crippen LogP contribution in [0.1, 0.15) is 36.5 Å². The Kier molecular flexibility index (Phi) is 5.47. The van der Waals surface area contributed by atoms with Crippen molar-refractivity contribution in [3.8, 4) is 0 Å². The van der Waals surface area contributed by atoms with Crippen molar-refractivity contribution in [2.45, 2.75) is 31.0 Å². The fourth-order valence-electron chi connectivity index (χ4n) is 3.44. The largest absolute Gasteiger partial charge is 0.387 e. The van der Waals surface area contributed by atoms with Gasteiger partial charge in [-0.2, -0.15) is 0 Å². The first-order valence-corrected chi connectivity index (χ1v) is 8.61. The Balaban J connectivity index is 1.63. The highest BCUT2D eigenvalue weighted by Gasteiger charge is 2.32. The van der Waals surface area contributed by atoms with Crippen molar-refractivity contribution in [1.29, 1.82) is 0 Å². The molecule has 5 heteroatoms. The molecular formula is C20H23F2NO2. The minimum atomic E-state index is -0.969. The van der Waals surface area contributed by atoms with E-state index < -0.39 is 11.7 Å². The van der Waals surface area contributed by atoms with Gasteiger partial charge in [-0.15, -0.1) is 0 Å². The summed E-state index contributed by atoms with van der Waals surface area (Å²) < 4.78 is 26.1. The van der Waals surface area contributed by atoms with Crippen molar-refractivity contribution in [3.05, 3.63) is 71.3 Å². The van der Waals surface area contributed by atoms with Crippen molar-refractivity contribution >= 4 is 0 Å². The summed E-state index contributed by atoms with van der Waals surface area (Å²) in [7, 11) is 0. The van der Waals surface area contributed by atoms with Crippen LogP contribution in [0, 0.1) is 11.6 Å². The smallest absolute Gasteiger partial charge is 0.123 e. The molecule has 0 radical (unpaired) electrons. The molecule has 1 aliphatic rings. The van der Waals surface area contributed by atoms with Crippen LogP contribution in [0.15, 0.2) is 48.5 Å². The summed E-state index contributed by atoms with van der Waals surface area (Å²) >= 11 is 0. The molecule has 2 aromatic carbocycles. The maximum absolute atomic E-state index is 13.1. The summed E-state index contributed by atoms with van der Waals surface area (Å²) in [6.45, 7) is 1.83. The van der Waals surface area contributed by atoms with Gasteiger partial charge in [-0.1, -0.05) is 24.3 Å². The van der Waals surface area contributed by atoms with E-state index in [2.05, 4.69) is 4.90 Å². The van der Waals surface area contributed by atoms with Gasteiger partial charge in [0.25, 0.3) is 0 Å². The first-order valence-electron chi connectivity index (χ1n) is 8.61. The molecular weight excluding hydrogens is 324 g/mol. The van der Waals surface area contributed by atoms with Crippen LogP contribution >= 0.6 is 0 Å². The predicted molar refractivity (Wildman–Crippen MR) is 91.9 cm³/mol. The van der Waals surface area contributed by atoms with E-state index in [4.69, 9.17) is 0 Å². The lowest BCUT2D eigenvalue weighted by Gasteiger charge is -2.28. The summed E-state index contributed by atoms with van der Waals surface area (Å²) in [4.78, 5) is 2.11. The molecule has 2 aromatic rings. The van der Waals surface area contributed by atoms with Crippen LogP contribution in [0.5, 0.6) is 0 Å². The van der Waals surface area contributed by atoms with Crippen molar-refractivity contribution < 1.29 is 19.0 Å². The van der Waals surface area contributed by atoms with Gasteiger partial charge < -0.3 is 15.1 Å². The highest BCUT2D eigenvalue weighted by Crippen LogP contribution is 2.33. The second-order valence-electron chi connectivity index (χ2n) is 6.76. The molecule has 134 valence electrons. The van der Waals surface area contributed by atoms with E-state index in [9.17, 15) is 19.0 Å². The molecule has 0 spiro atoms. The summed E-state index contributed by atoms with van der Waals surface area (Å²) in [6, 6.07) is 11.9. The van der Waals surface area contributed by atoms with Gasteiger partial charge in [-0.25, -0.2) is 8.78 Å². The highest BCUT2D eigenvalue weighted by atomic mass is 19.1. The van der Waals surface area contributed by atoms with Crippen molar-refractivity contribution in [2.75, 3.05) is 19.6 Å². The molecule has 0 aromatic heterocycles. The molecule has 1 heterocycles. The lowest BCUT2D eigenvalue weighted by Crippen LogP contribution is -2.32. The molecule has 2 atom stereocenters. The Bertz CT molecular complexity index is 690. The third-order valence-corrected chi connectivity index (χ3v) is 4.97. The summed E-state index contributed by atoms with van der Waals surface area (Å²) in [5, 5.41) is 21.3. The van der Waals surface area contributed by atoms with Gasteiger partial charge in [0, 0.05) is 13.1 Å². The number of likely N-dealkylation sites (tertiary alicyclic amines) is 1. The molecule has 0 saturated carbocycles. The lowest BCUT2D eigenvalue weighted by molar-refractivity contribution is 0.0194. The van der Waals surface area contributed by atoms with Gasteiger partial charge in [-0.3, -0.25) is 0 Å². The fourth-order valence-corrected chi connectivity index (χ4v) is 3.44. The molecule has 1 saturated heterocycles. The Morgan fingerprint density at radius 3 is 2.16 bits per heavy atom. The van der Waals surface area contributed by atoms with Crippen LogP contribution < -0.4 is 0 Å². The Hall–Kier alpha value is -1.82. The average molecular weight is 347 g/mol. The second-order valence-corrected chi connectivity index (χ2v) is 6.76. The number of benzene rings is 2. The van der Waals surface area contributed by atoms with Gasteiger partial charge in [0.15, 0.2) is 0 Å². The number of aliphatic hydroxyl groups is 2. The molecule has 0 amide bonds. The number of hydrogen-bond acceptors (Lipinski definition) is 3. The van der Waals surface area contributed by atoms with E-state index in [1.54, 1.807) is 24.3 Å². The van der Waals surface area contributed by atoms with Crippen molar-refractivity contribution in [1.82, 2.24) is 4.90 Å². The third kappa shape index (κ3) is 4.42. The van der Waals surface area contributed by atoms with Gasteiger partial charge in [-0.05, 0) is 61.2 Å². The Morgan fingerprint density at radius 1 is 0.920 bits per heavy atom. The van der Waals surface area contributed by atoms with Gasteiger partial charge in [0.1, 0.15) is 11.6 Å². The molecule has 2 N–H and O–H groups in total. The number of nitrogens with zero attached hydrogens (tertiary/aromatic N) is 1. The van der Waals surface area contributed by atoms with Gasteiger partial charge in [0.2, 0.25) is 0 Å². The van der Waals surface area contributed by atoms with Crippen LogP contribution in [0.2, 0.25) is 0 Å². The maximum Gasteiger partial charge on any atom is 0.123 e. The van der Waals surface area contributed by atoms with Crippen molar-refractivity contribution in [2.24, 2.45) is 0 Å². The van der Waals surface area contributed by atoms with E-state index in [0.717, 1.165) is 18.5 Å². The zero-order valence-electron chi connectivity index (χ0n) is 14.0. The quantitative estimate of drug-likeness (QED) is 0.891. The van der Waals surface area contributed by atoms with Crippen LogP contribution in [-0.2, 0) is 5.60 Å². The second kappa shape index (κ2) is 7.60. The molecule has 0 bridgehead atoms. The minimum absolute atomic E-state index is 0.315. The molecule has 1 aliphatic heterocycles. The van der Waals surface area contributed by atoms with Crippen LogP contribution in [0.4, 0.5) is 8.78 Å². The van der Waals surface area contributed by atoms with E-state index in [1.165, 1.54) is 24.3 Å². The number of aliphatic hydroxyl groups excluding tert-OH is 1. The fraction of sp³-hybridized carbons (Fsp3) is 0.400. The highest BCUT2D eigenvalue weighted by molar-refractivity contribution is 5.23. The van der Waals surface area contributed by atoms with Crippen LogP contribution in [-0.4, -0.2) is 34.7 Å². The SMILES string of the molecule is O[C@@H](CN1CCC[C@@](O)(c2ccc(F)cc2)CC1)c1ccc(F)cc1. The standard InChI is InChI=1S/C20H23F2NO2/c21-17-6-2-15(3-7-17)19(24)14-23-12-1-10-20(25,11-13-23)16-4-8-18(22)9-5-16/h2-9,19,24-25H,1,10-14H2/t19-,20-/m0/s1. The molecule has 3 rings (SSSR count). The van der Waals surface area contributed by atoms with E-state index in [-0.39, 0.29) is 11.6 Å². The first-order chi connectivity index (χ1) is 12.0. The monoisotopic (exact) mass is 347 g/mol. The summed E-state index contributed by atoms with van der Waals surface area (Å²) in [5.41, 5.74) is 0.442. The topological polar surface area (TPSA) is 43.7 Å². The number of hydrogen-bond donors (Lipinski definition) is 2. The number of β-amino-alcohol motifs (C(OH)–C–C–N with tert-alkyl or cyclic N) is 1. The minimum Gasteiger partial charge on any atom is -0.387 e. The first kappa shape index (κ1) is 18.0. The molecule has 25 heavy (non-hydrogen) atoms. The predicted octanol–water partition coefficient (Wildman–Crippen LogP) is 3.37. The molecule has 1 fully saturated rings. The van der Waals surface area contributed by atoms with E-state index in [1.807, 2.05) is 0 Å². The maximum atomic E-state index is 13.1. The van der Waals surface area contributed by atoms with Gasteiger partial charge in [0.05, 0.1) is 11.7 Å². The third-order valence-electron chi connectivity index (χ3n) is 4.97. The number of rotatable bonds is 4. The van der Waals surface area contributed by atoms with Crippen LogP contribution in [0.25, 0.3) is 0 Å². The zero-order valence-corrected chi connectivity index (χ0v) is 14.0. The summed E-state index contributed by atoms with van der Waals surface area (Å²) in [5.74, 6) is -0.639. The zero-order chi connectivity index (χ0) is 17.9. The average Bonchev–Trinajstić information content (AvgIpc) is 2.79. The Morgan fingerprint density at radius 2 is 1.52 bits per heavy atom. The normalized spacial score (nSPS) is 23.2. The summed E-state index contributed by atoms with van der Waals surface area (Å²) in [6.07, 6.45) is 1.21. The molecule has 0 aliphatic carbocycles. The molecule has 0 unspecified atom stereocenters. The van der Waals surface area contributed by atoms with Crippen LogP contribution in [0.3, 0.4) is 0 Å². The van der Waals surface area contributed by atoms with E-state index in [0.29, 0.717) is 31.5 Å². The van der Waals surface area contributed by atoms with Gasteiger partial charge >= 0.3 is 0 Å². The molecule has 3 nitrogen and oxygen atoms in total. The van der Waals surface area contributed by atoms with E-state index >= 15 is 0 Å². The Labute approximate surface area is 146 Å². The number of halogens is 2. The lowest BCUT2D eigenvalue weighted by atomic mass is 9.87. The van der Waals surface area contributed by atoms with Crippen molar-refractivity contribution in [3.63, 3.8) is 0 Å².